The first-order chi connectivity index (χ1) is 50.8. The van der Waals surface area contributed by atoms with Crippen molar-refractivity contribution in [3.05, 3.63) is 127 Å². The summed E-state index contributed by atoms with van der Waals surface area (Å²) in [5.74, 6) is 3.13. The van der Waals surface area contributed by atoms with E-state index in [2.05, 4.69) is 168 Å². The monoisotopic (exact) mass is 1570 g/mol. The Morgan fingerprint density at radius 3 is 1.04 bits per heavy atom. The number of nitrogens with zero attached hydrogens (tertiary/aromatic N) is 18. The zero-order valence-corrected chi connectivity index (χ0v) is 65.1. The van der Waals surface area contributed by atoms with Gasteiger partial charge in [0.05, 0.1) is 28.7 Å². The quantitative estimate of drug-likeness (QED) is 0.117. The molecule has 8 aliphatic rings. The van der Waals surface area contributed by atoms with Crippen molar-refractivity contribution < 1.29 is 27.8 Å². The number of amides is 2. The van der Waals surface area contributed by atoms with Crippen molar-refractivity contribution >= 4 is 149 Å². The number of carbonyl (C=O) groups excluding carboxylic acids is 2. The molecule has 0 unspecified atom stereocenters. The van der Waals surface area contributed by atoms with Crippen molar-refractivity contribution in [1.82, 2.24) is 83.5 Å². The minimum atomic E-state index is -0.445. The molecule has 0 bridgehead atoms. The standard InChI is InChI=1S/C21H25N5O2.C18H20FN5.C16H17N5.C11H8BrN3.C10H18N2O2.C2H4BrF/c1-20(2,3)28-19(27)26-12-21(13-26)10-25(11-21)17-6-5-14-15-9-22-8-7-16(15)24(4)18(14)23-17;1-22-15-4-6-20-8-14(15)13-2-3-16(21-17(13)22)24-11-18(12-24)9-23(10-18)7-5-19;1-20-13-4-5-17-6-12(13)11-2-3-14(19-15(11)20)21-9-16(10-21)7-18-8-16;1-15-9-4-5-13-6-8(9)7-2-3-10(12)14-11(7)15;1-9(2,3)14-8(13)12-6-10(7-12)4-11-5-10;3-1-2-4/h5-9H,10-13H2,1-4H3;2-4,6,8H,5,7,9-12H2,1H3;2-6,18H,7-10H2,1H3;2-6H,1H3;11H,4-7H2,1-3H3;1-2H2. The SMILES string of the molecule is CC(C)(C)OC(=O)N1CC2(CNC2)C1.Cn1c2ccncc2c2ccc(Br)nc21.Cn1c2ccncc2c2ccc(N3CC4(CN(C(=O)OC(C)(C)C)C4)C3)nc21.Cn1c2ccncc2c2ccc(N3CC4(CN(CCF)C4)C3)nc21.Cn1c2ccncc2c2ccc(N3CC4(CNC4)C3)nc21.FCCBr. The molecule has 28 heteroatoms. The molecule has 8 fully saturated rings. The molecule has 20 rings (SSSR count). The summed E-state index contributed by atoms with van der Waals surface area (Å²) in [5, 5.41) is 16.3. The van der Waals surface area contributed by atoms with Gasteiger partial charge in [0.25, 0.3) is 0 Å². The van der Waals surface area contributed by atoms with Crippen LogP contribution < -0.4 is 25.3 Å². The molecule has 556 valence electrons. The van der Waals surface area contributed by atoms with Crippen LogP contribution in [0, 0.1) is 21.7 Å². The zero-order chi connectivity index (χ0) is 74.2. The highest BCUT2D eigenvalue weighted by atomic mass is 79.9. The molecule has 0 radical (unpaired) electrons. The number of aryl methyl sites for hydroxylation is 4. The highest BCUT2D eigenvalue weighted by Crippen LogP contribution is 2.45. The number of fused-ring (bicyclic) bond motifs is 12. The second-order valence-corrected chi connectivity index (χ2v) is 33.8. The van der Waals surface area contributed by atoms with Crippen LogP contribution in [-0.2, 0) is 37.7 Å². The molecule has 2 amide bonds. The molecule has 0 atom stereocenters. The fourth-order valence-corrected chi connectivity index (χ4v) is 16.6. The number of aromatic nitrogens is 12. The van der Waals surface area contributed by atoms with Gasteiger partial charge in [0.2, 0.25) is 0 Å². The second-order valence-electron chi connectivity index (χ2n) is 32.2. The van der Waals surface area contributed by atoms with Gasteiger partial charge in [-0.3, -0.25) is 29.2 Å². The number of rotatable bonds is 6. The highest BCUT2D eigenvalue weighted by Gasteiger charge is 2.55. The summed E-state index contributed by atoms with van der Waals surface area (Å²) in [6.45, 7) is 27.3. The molecule has 12 aromatic rings. The first-order valence-corrected chi connectivity index (χ1v) is 38.1. The summed E-state index contributed by atoms with van der Waals surface area (Å²) in [6.07, 6.45) is 14.5. The van der Waals surface area contributed by atoms with E-state index in [-0.39, 0.29) is 36.6 Å². The number of alkyl halides is 3. The van der Waals surface area contributed by atoms with Crippen molar-refractivity contribution in [2.45, 2.75) is 52.7 Å². The maximum atomic E-state index is 12.4. The van der Waals surface area contributed by atoms with Crippen LogP contribution in [0.25, 0.3) is 87.7 Å². The number of hydrogen-bond donors (Lipinski definition) is 2. The van der Waals surface area contributed by atoms with E-state index < -0.39 is 5.60 Å². The molecular formula is C78H92Br2F2N20O4. The van der Waals surface area contributed by atoms with Gasteiger partial charge < -0.3 is 62.9 Å². The van der Waals surface area contributed by atoms with Gasteiger partial charge in [0.1, 0.15) is 62.5 Å². The predicted octanol–water partition coefficient (Wildman–Crippen LogP) is 12.0. The third-order valence-corrected chi connectivity index (χ3v) is 22.4. The number of likely N-dealkylation sites (tertiary alicyclic amines) is 3. The van der Waals surface area contributed by atoms with Gasteiger partial charge in [-0.25, -0.2) is 33.9 Å². The van der Waals surface area contributed by atoms with Crippen LogP contribution in [0.3, 0.4) is 0 Å². The number of ether oxygens (including phenoxy) is 2. The molecule has 8 saturated heterocycles. The van der Waals surface area contributed by atoms with Crippen LogP contribution >= 0.6 is 31.9 Å². The number of anilines is 3. The Hall–Kier alpha value is -8.96. The third-order valence-electron chi connectivity index (χ3n) is 21.6. The smallest absolute Gasteiger partial charge is 0.410 e. The lowest BCUT2D eigenvalue weighted by molar-refractivity contribution is -0.0554. The van der Waals surface area contributed by atoms with Crippen LogP contribution in [0.4, 0.5) is 35.8 Å². The van der Waals surface area contributed by atoms with E-state index in [1.165, 1.54) is 16.3 Å². The van der Waals surface area contributed by atoms with E-state index in [4.69, 9.17) is 24.4 Å². The Bertz CT molecular complexity index is 5270. The highest BCUT2D eigenvalue weighted by molar-refractivity contribution is 9.10. The summed E-state index contributed by atoms with van der Waals surface area (Å²) in [4.78, 5) is 72.6. The lowest BCUT2D eigenvalue weighted by Gasteiger charge is -2.60. The Labute approximate surface area is 631 Å². The minimum Gasteiger partial charge on any atom is -0.444 e. The van der Waals surface area contributed by atoms with E-state index in [0.29, 0.717) is 28.1 Å². The average molecular weight is 1570 g/mol. The van der Waals surface area contributed by atoms with Crippen LogP contribution in [0.15, 0.2) is 127 Å². The molecule has 8 aliphatic heterocycles. The number of hydrogen-bond acceptors (Lipinski definition) is 18. The Balaban J connectivity index is 0.000000107. The van der Waals surface area contributed by atoms with E-state index in [1.807, 2.05) is 123 Å². The number of pyridine rings is 8. The number of halogens is 4. The molecule has 4 spiro atoms. The van der Waals surface area contributed by atoms with Crippen LogP contribution in [0.2, 0.25) is 0 Å². The van der Waals surface area contributed by atoms with E-state index in [9.17, 15) is 18.4 Å². The summed E-state index contributed by atoms with van der Waals surface area (Å²) < 4.78 is 43.1. The molecule has 2 N–H and O–H groups in total. The van der Waals surface area contributed by atoms with Crippen molar-refractivity contribution in [3.8, 4) is 0 Å². The maximum Gasteiger partial charge on any atom is 0.410 e. The zero-order valence-electron chi connectivity index (χ0n) is 61.9. The van der Waals surface area contributed by atoms with Gasteiger partial charge >= 0.3 is 12.2 Å². The van der Waals surface area contributed by atoms with Crippen molar-refractivity contribution in [2.75, 3.05) is 145 Å². The summed E-state index contributed by atoms with van der Waals surface area (Å²) in [6, 6.07) is 25.0. The van der Waals surface area contributed by atoms with E-state index in [1.54, 1.807) is 16.0 Å². The molecule has 20 heterocycles. The van der Waals surface area contributed by atoms with Gasteiger partial charge in [-0.1, -0.05) is 15.9 Å². The van der Waals surface area contributed by atoms with Gasteiger partial charge in [-0.2, -0.15) is 0 Å². The molecule has 0 aliphatic carbocycles. The molecule has 106 heavy (non-hydrogen) atoms. The summed E-state index contributed by atoms with van der Waals surface area (Å²) >= 11 is 6.26. The molecular weight excluding hydrogens is 1480 g/mol. The summed E-state index contributed by atoms with van der Waals surface area (Å²) in [5.41, 5.74) is 9.30. The summed E-state index contributed by atoms with van der Waals surface area (Å²) in [7, 11) is 8.20. The van der Waals surface area contributed by atoms with Gasteiger partial charge in [-0.15, -0.1) is 0 Å². The predicted molar refractivity (Wildman–Crippen MR) is 422 cm³/mol. The van der Waals surface area contributed by atoms with Gasteiger partial charge in [0.15, 0.2) is 0 Å². The lowest BCUT2D eigenvalue weighted by Crippen LogP contribution is -2.73. The second kappa shape index (κ2) is 28.3. The van der Waals surface area contributed by atoms with Crippen LogP contribution in [-0.4, -0.2) is 226 Å². The first kappa shape index (κ1) is 72.6. The van der Waals surface area contributed by atoms with Crippen molar-refractivity contribution in [3.63, 3.8) is 0 Å². The Morgan fingerprint density at radius 1 is 0.425 bits per heavy atom. The fraction of sp³-hybridized carbons (Fsp3) is 0.462. The largest absolute Gasteiger partial charge is 0.444 e. The van der Waals surface area contributed by atoms with Gasteiger partial charge in [-0.05, 0) is 130 Å². The Kier molecular flexibility index (Phi) is 19.4. The number of nitrogens with one attached hydrogen (secondary N) is 2. The van der Waals surface area contributed by atoms with Crippen LogP contribution in [0.5, 0.6) is 0 Å². The maximum absolute atomic E-state index is 12.4. The van der Waals surface area contributed by atoms with Gasteiger partial charge in [0, 0.05) is 259 Å². The fourth-order valence-electron chi connectivity index (χ4n) is 16.3. The van der Waals surface area contributed by atoms with Crippen molar-refractivity contribution in [1.29, 1.82) is 0 Å². The molecule has 12 aromatic heterocycles. The average Bonchev–Trinajstić information content (AvgIpc) is 1.19. The molecule has 24 nitrogen and oxygen atoms in total. The third kappa shape index (κ3) is 14.0. The lowest BCUT2D eigenvalue weighted by atomic mass is 9.73. The van der Waals surface area contributed by atoms with Crippen molar-refractivity contribution in [2.24, 2.45) is 49.9 Å². The van der Waals surface area contributed by atoms with E-state index >= 15 is 0 Å². The molecule has 0 saturated carbocycles. The minimum absolute atomic E-state index is 0.171. The molecule has 0 aromatic carbocycles. The Morgan fingerprint density at radius 2 is 0.726 bits per heavy atom. The first-order valence-electron chi connectivity index (χ1n) is 36.2. The van der Waals surface area contributed by atoms with E-state index in [0.717, 1.165) is 198 Å². The van der Waals surface area contributed by atoms with Crippen LogP contribution in [0.1, 0.15) is 41.5 Å². The normalized spacial score (nSPS) is 18.4. The topological polar surface area (TPSA) is 219 Å². The number of carbonyl (C=O) groups is 2.